The average molecular weight is 387 g/mol. The first kappa shape index (κ1) is 19.3. The number of nitrogens with one attached hydrogen (secondary N) is 1. The summed E-state index contributed by atoms with van der Waals surface area (Å²) in [6.07, 6.45) is -4.52. The van der Waals surface area contributed by atoms with Gasteiger partial charge in [0.1, 0.15) is 0 Å². The van der Waals surface area contributed by atoms with Gasteiger partial charge in [-0.2, -0.15) is 18.3 Å². The molecule has 0 aliphatic carbocycles. The second-order valence-corrected chi connectivity index (χ2v) is 5.98. The summed E-state index contributed by atoms with van der Waals surface area (Å²) in [5.74, 6) is -0.654. The second kappa shape index (κ2) is 8.08. The molecule has 1 heterocycles. The van der Waals surface area contributed by atoms with E-state index in [0.29, 0.717) is 5.69 Å². The van der Waals surface area contributed by atoms with E-state index in [9.17, 15) is 22.8 Å². The highest BCUT2D eigenvalue weighted by Gasteiger charge is 2.30. The van der Waals surface area contributed by atoms with Crippen molar-refractivity contribution in [3.63, 3.8) is 0 Å². The van der Waals surface area contributed by atoms with Gasteiger partial charge in [-0.1, -0.05) is 36.4 Å². The third kappa shape index (κ3) is 4.64. The fraction of sp³-hybridized carbons (Fsp3) is 0.150. The standard InChI is InChI=1S/C20H16F3N3O2/c21-20(22,23)16-8-4-7-15(13-16)19(28)24-11-12-26-18(27)10-9-17(25-26)14-5-2-1-3-6-14/h1-10,13H,11-12H2,(H,24,28). The number of halogens is 3. The van der Waals surface area contributed by atoms with Crippen LogP contribution in [0.1, 0.15) is 15.9 Å². The molecule has 0 aliphatic rings. The highest BCUT2D eigenvalue weighted by molar-refractivity contribution is 5.94. The van der Waals surface area contributed by atoms with Gasteiger partial charge in [0.05, 0.1) is 17.8 Å². The Balaban J connectivity index is 1.67. The fourth-order valence-electron chi connectivity index (χ4n) is 2.59. The van der Waals surface area contributed by atoms with E-state index in [1.165, 1.54) is 22.9 Å². The van der Waals surface area contributed by atoms with Crippen LogP contribution in [-0.4, -0.2) is 22.2 Å². The van der Waals surface area contributed by atoms with Crippen molar-refractivity contribution in [2.24, 2.45) is 0 Å². The van der Waals surface area contributed by atoms with E-state index >= 15 is 0 Å². The van der Waals surface area contributed by atoms with Crippen molar-refractivity contribution in [2.75, 3.05) is 6.54 Å². The van der Waals surface area contributed by atoms with Crippen molar-refractivity contribution in [2.45, 2.75) is 12.7 Å². The van der Waals surface area contributed by atoms with Gasteiger partial charge in [0.25, 0.3) is 11.5 Å². The Morgan fingerprint density at radius 2 is 1.75 bits per heavy atom. The summed E-state index contributed by atoms with van der Waals surface area (Å²) in [6, 6.07) is 16.4. The SMILES string of the molecule is O=C(NCCn1nc(-c2ccccc2)ccc1=O)c1cccc(C(F)(F)F)c1. The number of carbonyl (C=O) groups is 1. The first-order valence-electron chi connectivity index (χ1n) is 8.43. The molecule has 0 fully saturated rings. The molecule has 28 heavy (non-hydrogen) atoms. The van der Waals surface area contributed by atoms with Crippen LogP contribution in [0.25, 0.3) is 11.3 Å². The molecule has 0 bridgehead atoms. The molecule has 2 aromatic carbocycles. The van der Waals surface area contributed by atoms with Crippen LogP contribution in [0.4, 0.5) is 13.2 Å². The number of amides is 1. The van der Waals surface area contributed by atoms with Gasteiger partial charge in [-0.15, -0.1) is 0 Å². The molecule has 0 atom stereocenters. The Bertz CT molecular complexity index is 1030. The molecule has 3 rings (SSSR count). The quantitative estimate of drug-likeness (QED) is 0.730. The molecule has 0 aliphatic heterocycles. The monoisotopic (exact) mass is 387 g/mol. The number of benzene rings is 2. The lowest BCUT2D eigenvalue weighted by molar-refractivity contribution is -0.137. The van der Waals surface area contributed by atoms with Crippen LogP contribution in [0.3, 0.4) is 0 Å². The maximum atomic E-state index is 12.7. The van der Waals surface area contributed by atoms with Crippen LogP contribution in [0.2, 0.25) is 0 Å². The Kier molecular flexibility index (Phi) is 5.58. The lowest BCUT2D eigenvalue weighted by Gasteiger charge is -2.10. The van der Waals surface area contributed by atoms with Crippen molar-refractivity contribution in [1.82, 2.24) is 15.1 Å². The normalized spacial score (nSPS) is 11.2. The zero-order chi connectivity index (χ0) is 20.1. The smallest absolute Gasteiger partial charge is 0.350 e. The lowest BCUT2D eigenvalue weighted by Crippen LogP contribution is -2.32. The van der Waals surface area contributed by atoms with Crippen LogP contribution in [0, 0.1) is 0 Å². The Morgan fingerprint density at radius 3 is 2.46 bits per heavy atom. The molecule has 8 heteroatoms. The maximum absolute atomic E-state index is 12.7. The summed E-state index contributed by atoms with van der Waals surface area (Å²) >= 11 is 0. The molecule has 3 aromatic rings. The number of alkyl halides is 3. The van der Waals surface area contributed by atoms with Gasteiger partial charge in [0, 0.05) is 23.7 Å². The van der Waals surface area contributed by atoms with E-state index < -0.39 is 17.6 Å². The van der Waals surface area contributed by atoms with Gasteiger partial charge >= 0.3 is 6.18 Å². The minimum Gasteiger partial charge on any atom is -0.350 e. The molecule has 1 aromatic heterocycles. The summed E-state index contributed by atoms with van der Waals surface area (Å²) in [4.78, 5) is 24.1. The third-order valence-electron chi connectivity index (χ3n) is 4.00. The molecule has 1 N–H and O–H groups in total. The molecule has 5 nitrogen and oxygen atoms in total. The van der Waals surface area contributed by atoms with Crippen LogP contribution in [0.15, 0.2) is 71.5 Å². The highest BCUT2D eigenvalue weighted by Crippen LogP contribution is 2.29. The van der Waals surface area contributed by atoms with Gasteiger partial charge < -0.3 is 5.32 Å². The maximum Gasteiger partial charge on any atom is 0.416 e. The van der Waals surface area contributed by atoms with Crippen molar-refractivity contribution in [1.29, 1.82) is 0 Å². The number of nitrogens with zero attached hydrogens (tertiary/aromatic N) is 2. The van der Waals surface area contributed by atoms with E-state index in [0.717, 1.165) is 17.7 Å². The first-order chi connectivity index (χ1) is 13.3. The van der Waals surface area contributed by atoms with E-state index in [4.69, 9.17) is 0 Å². The van der Waals surface area contributed by atoms with Crippen molar-refractivity contribution in [3.05, 3.63) is 88.2 Å². The molecule has 144 valence electrons. The molecule has 0 saturated heterocycles. The second-order valence-electron chi connectivity index (χ2n) is 5.98. The number of hydrogen-bond acceptors (Lipinski definition) is 3. The molecule has 0 radical (unpaired) electrons. The average Bonchev–Trinajstić information content (AvgIpc) is 2.69. The topological polar surface area (TPSA) is 64.0 Å². The summed E-state index contributed by atoms with van der Waals surface area (Å²) in [7, 11) is 0. The molecule has 0 saturated carbocycles. The Morgan fingerprint density at radius 1 is 1.00 bits per heavy atom. The van der Waals surface area contributed by atoms with Crippen molar-refractivity contribution < 1.29 is 18.0 Å². The molecule has 0 unspecified atom stereocenters. The largest absolute Gasteiger partial charge is 0.416 e. The van der Waals surface area contributed by atoms with Gasteiger partial charge in [-0.25, -0.2) is 4.68 Å². The highest BCUT2D eigenvalue weighted by atomic mass is 19.4. The first-order valence-corrected chi connectivity index (χ1v) is 8.43. The molecule has 1 amide bonds. The minimum absolute atomic E-state index is 0.0419. The van der Waals surface area contributed by atoms with Crippen molar-refractivity contribution in [3.8, 4) is 11.3 Å². The predicted molar refractivity (Wildman–Crippen MR) is 97.7 cm³/mol. The van der Waals surface area contributed by atoms with Crippen LogP contribution >= 0.6 is 0 Å². The fourth-order valence-corrected chi connectivity index (χ4v) is 2.59. The summed E-state index contributed by atoms with van der Waals surface area (Å²) in [6.45, 7) is 0.129. The van der Waals surface area contributed by atoms with E-state index in [1.54, 1.807) is 6.07 Å². The minimum atomic E-state index is -4.52. The van der Waals surface area contributed by atoms with Crippen LogP contribution < -0.4 is 10.9 Å². The third-order valence-corrected chi connectivity index (χ3v) is 4.00. The van der Waals surface area contributed by atoms with Gasteiger partial charge in [-0.3, -0.25) is 9.59 Å². The van der Waals surface area contributed by atoms with E-state index in [2.05, 4.69) is 10.4 Å². The zero-order valence-corrected chi connectivity index (χ0v) is 14.6. The Hall–Kier alpha value is -3.42. The molecule has 0 spiro atoms. The van der Waals surface area contributed by atoms with E-state index in [-0.39, 0.29) is 24.2 Å². The lowest BCUT2D eigenvalue weighted by atomic mass is 10.1. The van der Waals surface area contributed by atoms with Gasteiger partial charge in [-0.05, 0) is 24.3 Å². The number of aromatic nitrogens is 2. The zero-order valence-electron chi connectivity index (χ0n) is 14.6. The van der Waals surface area contributed by atoms with Crippen LogP contribution in [0.5, 0.6) is 0 Å². The predicted octanol–water partition coefficient (Wildman–Crippen LogP) is 3.36. The molecular weight excluding hydrogens is 371 g/mol. The summed E-state index contributed by atoms with van der Waals surface area (Å²) in [5.41, 5.74) is 0.100. The number of rotatable bonds is 5. The summed E-state index contributed by atoms with van der Waals surface area (Å²) < 4.78 is 39.4. The van der Waals surface area contributed by atoms with Gasteiger partial charge in [0.15, 0.2) is 0 Å². The number of hydrogen-bond donors (Lipinski definition) is 1. The number of carbonyl (C=O) groups excluding carboxylic acids is 1. The summed E-state index contributed by atoms with van der Waals surface area (Å²) in [5, 5.41) is 6.77. The van der Waals surface area contributed by atoms with Crippen molar-refractivity contribution >= 4 is 5.91 Å². The van der Waals surface area contributed by atoms with Crippen LogP contribution in [-0.2, 0) is 12.7 Å². The Labute approximate surface area is 158 Å². The van der Waals surface area contributed by atoms with Gasteiger partial charge in [0.2, 0.25) is 0 Å². The van der Waals surface area contributed by atoms with E-state index in [1.807, 2.05) is 30.3 Å². The molecular formula is C20H16F3N3O2.